The number of aromatic carboxylic acids is 1. The number of nitrogens with two attached hydrogens (primary N) is 1. The fraction of sp³-hybridized carbons (Fsp3) is 0.207. The number of carbonyl (C=O) groups is 1. The van der Waals surface area contributed by atoms with Gasteiger partial charge in [0, 0.05) is 17.0 Å². The van der Waals surface area contributed by atoms with Crippen LogP contribution in [0, 0.1) is 6.92 Å². The molecule has 0 unspecified atom stereocenters. The van der Waals surface area contributed by atoms with Gasteiger partial charge in [0.15, 0.2) is 27.9 Å². The van der Waals surface area contributed by atoms with E-state index in [2.05, 4.69) is 39.2 Å². The monoisotopic (exact) mass is 937 g/mol. The van der Waals surface area contributed by atoms with Crippen LogP contribution in [-0.2, 0) is 42.9 Å². The number of carboxylic acid groups (broad SMARTS) is 1. The fourth-order valence-corrected chi connectivity index (χ4v) is 7.21. The Balaban J connectivity index is 0. The molecule has 0 fully saturated rings. The van der Waals surface area contributed by atoms with Crippen molar-refractivity contribution in [3.05, 3.63) is 53.6 Å². The first-order valence-corrected chi connectivity index (χ1v) is 18.6. The first-order valence-electron chi connectivity index (χ1n) is 14.2. The molecule has 4 aromatic rings. The number of hydrogen-bond donors (Lipinski definition) is 2. The van der Waals surface area contributed by atoms with E-state index in [1.807, 2.05) is 0 Å². The molecule has 0 bridgehead atoms. The van der Waals surface area contributed by atoms with Crippen LogP contribution in [0.3, 0.4) is 0 Å². The number of anilines is 1. The van der Waals surface area contributed by atoms with Gasteiger partial charge in [-0.2, -0.15) is 4.33 Å². The summed E-state index contributed by atoms with van der Waals surface area (Å²) in [5, 5.41) is 64.9. The smallest absolute Gasteiger partial charge is 0.744 e. The molecule has 4 rings (SSSR count). The molecule has 30 heteroatoms. The molecule has 59 heavy (non-hydrogen) atoms. The number of carboxylic acids is 1. The van der Waals surface area contributed by atoms with E-state index in [1.165, 1.54) is 20.3 Å². The third-order valence-electron chi connectivity index (χ3n) is 7.05. The van der Waals surface area contributed by atoms with Gasteiger partial charge in [0.2, 0.25) is 0 Å². The molecule has 0 amide bonds. The van der Waals surface area contributed by atoms with Crippen molar-refractivity contribution in [2.45, 2.75) is 29.0 Å². The summed E-state index contributed by atoms with van der Waals surface area (Å²) < 4.78 is 86.7. The van der Waals surface area contributed by atoms with Crippen LogP contribution in [0.2, 0.25) is 0 Å². The maximum Gasteiger partial charge on any atom is 1.00 e. The van der Waals surface area contributed by atoms with E-state index in [-0.39, 0.29) is 161 Å². The second-order valence-electron chi connectivity index (χ2n) is 10.2. The van der Waals surface area contributed by atoms with Crippen LogP contribution in [0.1, 0.15) is 23.3 Å². The van der Waals surface area contributed by atoms with Crippen molar-refractivity contribution in [1.29, 1.82) is 0 Å². The zero-order chi connectivity index (χ0) is 39.8. The normalized spacial score (nSPS) is 11.2. The summed E-state index contributed by atoms with van der Waals surface area (Å²) in [7, 11) is -6.83. The van der Waals surface area contributed by atoms with Crippen molar-refractivity contribution in [3.63, 3.8) is 0 Å². The number of aryl methyl sites for hydroxylation is 1. The largest absolute Gasteiger partial charge is 1.00 e. The molecule has 0 saturated carbocycles. The molecule has 0 aromatic heterocycles. The van der Waals surface area contributed by atoms with Gasteiger partial charge in [-0.3, -0.25) is 14.3 Å². The summed E-state index contributed by atoms with van der Waals surface area (Å²) in [5.74, 6) is -2.91. The molecule has 0 saturated heterocycles. The van der Waals surface area contributed by atoms with Gasteiger partial charge in [-0.1, -0.05) is 7.43 Å². The fourth-order valence-electron chi connectivity index (χ4n) is 4.62. The summed E-state index contributed by atoms with van der Waals surface area (Å²) in [6.45, 7) is 1.22. The summed E-state index contributed by atoms with van der Waals surface area (Å²) >= 11 is 0.115. The number of sulfone groups is 1. The summed E-state index contributed by atoms with van der Waals surface area (Å²) in [4.78, 5) is 10.0. The number of fused-ring (bicyclic) bond motifs is 1. The van der Waals surface area contributed by atoms with E-state index in [0.717, 1.165) is 30.3 Å². The van der Waals surface area contributed by atoms with Crippen molar-refractivity contribution >= 4 is 89.5 Å². The van der Waals surface area contributed by atoms with Crippen molar-refractivity contribution in [2.75, 3.05) is 32.3 Å². The Morgan fingerprint density at radius 2 is 1.46 bits per heavy atom. The topological polar surface area (TPSA) is 338 Å². The van der Waals surface area contributed by atoms with Crippen LogP contribution >= 0.6 is 24.4 Å². The predicted octanol–water partition coefficient (Wildman–Crippen LogP) is -8.99. The Morgan fingerprint density at radius 1 is 0.847 bits per heavy atom. The number of benzene rings is 4. The molecule has 22 nitrogen and oxygen atoms in total. The van der Waals surface area contributed by atoms with Gasteiger partial charge in [-0.05, 0) is 48.9 Å². The number of methoxy groups -OCH3 is 2. The molecule has 298 valence electrons. The maximum atomic E-state index is 12.9. The van der Waals surface area contributed by atoms with Crippen molar-refractivity contribution < 1.29 is 198 Å². The number of nitrogen functional groups attached to an aromatic ring is 1. The maximum absolute atomic E-state index is 12.9. The van der Waals surface area contributed by atoms with E-state index in [9.17, 15) is 46.9 Å². The van der Waals surface area contributed by atoms with E-state index < -0.39 is 97.8 Å². The van der Waals surface area contributed by atoms with Gasteiger partial charge >= 0.3 is 118 Å². The van der Waals surface area contributed by atoms with Gasteiger partial charge in [0.1, 0.15) is 38.7 Å². The number of ether oxygens (including phenoxy) is 2. The SMILES string of the molecule is C.COc1cc(N=Nc2cc(S(=O)(=O)[O-])c3cc(SOO[O-])c(N=Nc4cc(S(=O)(=O)CCOSOO[O-])ccc4C(=O)[O-])c(O)c3c2N)c(OC)cc1C.[Na+].[Na+].[Na+].[Na+]. The zero-order valence-corrected chi connectivity index (χ0v) is 42.7. The molecular formula is C29H27N5Na4O17S4. The minimum absolute atomic E-state index is 0. The van der Waals surface area contributed by atoms with E-state index in [4.69, 9.17) is 19.4 Å². The zero-order valence-electron chi connectivity index (χ0n) is 31.4. The van der Waals surface area contributed by atoms with Crippen LogP contribution in [-0.4, -0.2) is 59.0 Å². The minimum atomic E-state index is -5.37. The summed E-state index contributed by atoms with van der Waals surface area (Å²) in [6, 6.07) is 7.26. The molecule has 0 radical (unpaired) electrons. The molecule has 0 aliphatic carbocycles. The molecule has 0 aliphatic heterocycles. The van der Waals surface area contributed by atoms with Crippen LogP contribution < -0.4 is 149 Å². The van der Waals surface area contributed by atoms with E-state index in [0.29, 0.717) is 11.3 Å². The first-order chi connectivity index (χ1) is 25.6. The second-order valence-corrected chi connectivity index (χ2v) is 14.9. The molecule has 0 aliphatic rings. The Kier molecular flexibility index (Phi) is 28.1. The van der Waals surface area contributed by atoms with Crippen LogP contribution in [0.15, 0.2) is 77.6 Å². The van der Waals surface area contributed by atoms with Gasteiger partial charge in [0.25, 0.3) is 0 Å². The number of phenols is 1. The van der Waals surface area contributed by atoms with Gasteiger partial charge < -0.3 is 45.3 Å². The quantitative estimate of drug-likeness (QED) is 0.0137. The second kappa shape index (κ2) is 27.5. The number of hydrogen-bond acceptors (Lipinski definition) is 24. The first kappa shape index (κ1) is 60.4. The minimum Gasteiger partial charge on any atom is -0.744 e. The van der Waals surface area contributed by atoms with Crippen molar-refractivity contribution in [1.82, 2.24) is 0 Å². The van der Waals surface area contributed by atoms with Crippen molar-refractivity contribution in [3.8, 4) is 17.2 Å². The standard InChI is InChI=1S/C28H27N5O17S4.CH4.4Na/c1-13-8-21(45-3)18(11-20(13)44-2)31-32-19-12-23(54(41,42)43)16-10-22(51-49-47-37)26(27(34)24(16)25(19)29)33-30-17-9-14(4-5-15(17)28(35)36)53(39,40)7-6-46-52-50-48-38;;;;;/h4-5,8-12,34,37-38H,6-7,29H2,1-3H3,(H,35,36)(H,41,42,43);1H4;;;;/q;;4*+1/p-4. The molecular weight excluding hydrogens is 911 g/mol. The molecule has 0 heterocycles. The molecule has 3 N–H and O–H groups in total. The van der Waals surface area contributed by atoms with Crippen molar-refractivity contribution in [2.24, 2.45) is 20.5 Å². The van der Waals surface area contributed by atoms with E-state index >= 15 is 0 Å². The average molecular weight is 938 g/mol. The van der Waals surface area contributed by atoms with Gasteiger partial charge in [-0.25, -0.2) is 16.8 Å². The predicted molar refractivity (Wildman–Crippen MR) is 184 cm³/mol. The molecule has 0 spiro atoms. The number of phenolic OH excluding ortho intramolecular Hbond substituents is 1. The summed E-state index contributed by atoms with van der Waals surface area (Å²) in [6.07, 6.45) is 0. The van der Waals surface area contributed by atoms with Gasteiger partial charge in [-0.15, -0.1) is 24.8 Å². The van der Waals surface area contributed by atoms with Crippen LogP contribution in [0.5, 0.6) is 17.2 Å². The number of azo groups is 2. The molecule has 0 atom stereocenters. The van der Waals surface area contributed by atoms with Crippen LogP contribution in [0.4, 0.5) is 28.4 Å². The summed E-state index contributed by atoms with van der Waals surface area (Å²) in [5.41, 5.74) is 4.21. The third kappa shape index (κ3) is 15.5. The number of rotatable bonds is 18. The van der Waals surface area contributed by atoms with Gasteiger partial charge in [0.05, 0.1) is 76.0 Å². The van der Waals surface area contributed by atoms with E-state index in [1.54, 1.807) is 13.0 Å². The Hall–Kier alpha value is -0.710. The Bertz CT molecular complexity index is 2360. The average Bonchev–Trinajstić information content (AvgIpc) is 3.12. The number of carbonyl (C=O) groups excluding carboxylic acids is 1. The Labute approximate surface area is 434 Å². The molecule has 4 aromatic carbocycles. The Morgan fingerprint density at radius 3 is 2.03 bits per heavy atom. The van der Waals surface area contributed by atoms with Crippen LogP contribution in [0.25, 0.3) is 10.8 Å². The number of nitrogens with zero attached hydrogens (tertiary/aromatic N) is 4. The number of aromatic hydroxyl groups is 1. The third-order valence-corrected chi connectivity index (χ3v) is 10.6.